The third-order valence-electron chi connectivity index (χ3n) is 3.03. The highest BCUT2D eigenvalue weighted by Crippen LogP contribution is 2.40. The summed E-state index contributed by atoms with van der Waals surface area (Å²) in [5.41, 5.74) is 2.10. The normalized spacial score (nSPS) is 22.9. The van der Waals surface area contributed by atoms with Crippen LogP contribution in [0.2, 0.25) is 0 Å². The van der Waals surface area contributed by atoms with Crippen molar-refractivity contribution < 1.29 is 5.11 Å². The van der Waals surface area contributed by atoms with Gasteiger partial charge in [-0.15, -0.1) is 0 Å². The van der Waals surface area contributed by atoms with Crippen LogP contribution in [0.5, 0.6) is 0 Å². The summed E-state index contributed by atoms with van der Waals surface area (Å²) < 4.78 is 0. The van der Waals surface area contributed by atoms with Gasteiger partial charge >= 0.3 is 0 Å². The van der Waals surface area contributed by atoms with E-state index in [0.29, 0.717) is 17.9 Å². The Bertz CT molecular complexity index is 191. The molecule has 0 aromatic heterocycles. The fourth-order valence-electron chi connectivity index (χ4n) is 2.06. The molecule has 13 heavy (non-hydrogen) atoms. The fraction of sp³-hybridized carbons (Fsp3) is 0.833. The Hall–Kier alpha value is -0.300. The zero-order valence-electron chi connectivity index (χ0n) is 9.14. The van der Waals surface area contributed by atoms with Gasteiger partial charge in [0.2, 0.25) is 0 Å². The lowest BCUT2D eigenvalue weighted by Gasteiger charge is -2.19. The Morgan fingerprint density at radius 3 is 2.69 bits per heavy atom. The summed E-state index contributed by atoms with van der Waals surface area (Å²) in [6, 6.07) is 0. The number of allylic oxidation sites excluding steroid dienone is 2. The van der Waals surface area contributed by atoms with E-state index in [0.717, 1.165) is 12.8 Å². The molecule has 1 atom stereocenters. The lowest BCUT2D eigenvalue weighted by atomic mass is 9.86. The topological polar surface area (TPSA) is 20.2 Å². The van der Waals surface area contributed by atoms with E-state index in [-0.39, 0.29) is 0 Å². The molecule has 0 heterocycles. The van der Waals surface area contributed by atoms with Crippen molar-refractivity contribution in [2.45, 2.75) is 46.5 Å². The molecule has 0 bridgehead atoms. The van der Waals surface area contributed by atoms with Gasteiger partial charge in [0.05, 0.1) is 0 Å². The maximum atomic E-state index is 8.74. The van der Waals surface area contributed by atoms with Gasteiger partial charge in [0.25, 0.3) is 0 Å². The molecule has 0 saturated heterocycles. The summed E-state index contributed by atoms with van der Waals surface area (Å²) in [5.74, 6) is 0.675. The van der Waals surface area contributed by atoms with Crippen LogP contribution in [0.25, 0.3) is 0 Å². The highest BCUT2D eigenvalue weighted by Gasteiger charge is 2.26. The highest BCUT2D eigenvalue weighted by atomic mass is 16.2. The van der Waals surface area contributed by atoms with Gasteiger partial charge in [-0.05, 0) is 37.0 Å². The summed E-state index contributed by atoms with van der Waals surface area (Å²) in [4.78, 5) is 0. The molecule has 0 aliphatic heterocycles. The Labute approximate surface area is 81.9 Å². The van der Waals surface area contributed by atoms with Crippen molar-refractivity contribution in [3.8, 4) is 0 Å². The van der Waals surface area contributed by atoms with Gasteiger partial charge in [-0.3, -0.25) is 0 Å². The third kappa shape index (κ3) is 3.15. The maximum absolute atomic E-state index is 8.74. The van der Waals surface area contributed by atoms with Gasteiger partial charge in [-0.2, -0.15) is 0 Å². The Morgan fingerprint density at radius 2 is 2.23 bits per heavy atom. The molecular weight excluding hydrogens is 160 g/mol. The van der Waals surface area contributed by atoms with Crippen LogP contribution in [0.15, 0.2) is 11.6 Å². The first-order valence-corrected chi connectivity index (χ1v) is 5.35. The molecule has 0 aromatic carbocycles. The lowest BCUT2D eigenvalue weighted by molar-refractivity contribution is 0.276. The van der Waals surface area contributed by atoms with E-state index in [1.54, 1.807) is 5.57 Å². The first-order valence-electron chi connectivity index (χ1n) is 5.35. The smallest absolute Gasteiger partial charge is 0.0431 e. The van der Waals surface area contributed by atoms with Crippen LogP contribution in [0.3, 0.4) is 0 Å². The molecule has 0 saturated carbocycles. The predicted octanol–water partition coefficient (Wildman–Crippen LogP) is 3.14. The Balaban J connectivity index is 2.37. The molecule has 1 nitrogen and oxygen atoms in total. The van der Waals surface area contributed by atoms with Gasteiger partial charge < -0.3 is 5.11 Å². The average Bonchev–Trinajstić information content (AvgIpc) is 2.42. The van der Waals surface area contributed by atoms with Crippen LogP contribution in [0.4, 0.5) is 0 Å². The van der Waals surface area contributed by atoms with Crippen molar-refractivity contribution in [3.05, 3.63) is 11.6 Å². The van der Waals surface area contributed by atoms with Crippen LogP contribution >= 0.6 is 0 Å². The number of hydrogen-bond donors (Lipinski definition) is 1. The lowest BCUT2D eigenvalue weighted by Crippen LogP contribution is -2.07. The molecule has 1 heteroatoms. The SMILES string of the molecule is CC(CCCO)C1=CCC(C)(C)C1. The molecule has 0 fully saturated rings. The number of hydrogen-bond acceptors (Lipinski definition) is 1. The maximum Gasteiger partial charge on any atom is 0.0431 e. The zero-order valence-corrected chi connectivity index (χ0v) is 9.14. The van der Waals surface area contributed by atoms with Crippen molar-refractivity contribution >= 4 is 0 Å². The van der Waals surface area contributed by atoms with Crippen molar-refractivity contribution in [1.82, 2.24) is 0 Å². The summed E-state index contributed by atoms with van der Waals surface area (Å²) in [7, 11) is 0. The molecular formula is C12H22O. The Morgan fingerprint density at radius 1 is 1.54 bits per heavy atom. The van der Waals surface area contributed by atoms with Crippen molar-refractivity contribution in [3.63, 3.8) is 0 Å². The minimum absolute atomic E-state index is 0.334. The molecule has 1 rings (SSSR count). The van der Waals surface area contributed by atoms with E-state index in [9.17, 15) is 0 Å². The van der Waals surface area contributed by atoms with E-state index in [1.165, 1.54) is 12.8 Å². The molecule has 0 radical (unpaired) electrons. The second-order valence-corrected chi connectivity index (χ2v) is 5.09. The van der Waals surface area contributed by atoms with Crippen LogP contribution in [0, 0.1) is 11.3 Å². The van der Waals surface area contributed by atoms with Crippen LogP contribution in [-0.4, -0.2) is 11.7 Å². The molecule has 76 valence electrons. The number of rotatable bonds is 4. The van der Waals surface area contributed by atoms with Crippen LogP contribution in [0.1, 0.15) is 46.5 Å². The highest BCUT2D eigenvalue weighted by molar-refractivity contribution is 5.15. The van der Waals surface area contributed by atoms with Gasteiger partial charge in [-0.25, -0.2) is 0 Å². The minimum atomic E-state index is 0.334. The molecule has 1 unspecified atom stereocenters. The van der Waals surface area contributed by atoms with Gasteiger partial charge in [0.1, 0.15) is 0 Å². The standard InChI is InChI=1S/C12H22O/c1-10(5-4-8-13)11-6-7-12(2,3)9-11/h6,10,13H,4-5,7-9H2,1-3H3. The molecule has 1 N–H and O–H groups in total. The summed E-state index contributed by atoms with van der Waals surface area (Å²) in [6.07, 6.45) is 6.96. The average molecular weight is 182 g/mol. The van der Waals surface area contributed by atoms with Gasteiger partial charge in [0.15, 0.2) is 0 Å². The second kappa shape index (κ2) is 4.28. The number of aliphatic hydroxyl groups is 1. The largest absolute Gasteiger partial charge is 0.396 e. The van der Waals surface area contributed by atoms with Gasteiger partial charge in [0, 0.05) is 6.61 Å². The second-order valence-electron chi connectivity index (χ2n) is 5.09. The van der Waals surface area contributed by atoms with Crippen LogP contribution < -0.4 is 0 Å². The molecule has 0 spiro atoms. The van der Waals surface area contributed by atoms with Gasteiger partial charge in [-0.1, -0.05) is 32.4 Å². The van der Waals surface area contributed by atoms with Crippen molar-refractivity contribution in [2.24, 2.45) is 11.3 Å². The Kier molecular flexibility index (Phi) is 3.55. The first kappa shape index (κ1) is 10.8. The van der Waals surface area contributed by atoms with E-state index in [1.807, 2.05) is 0 Å². The summed E-state index contributed by atoms with van der Waals surface area (Å²) in [6.45, 7) is 7.27. The van der Waals surface area contributed by atoms with E-state index >= 15 is 0 Å². The molecule has 0 amide bonds. The zero-order chi connectivity index (χ0) is 9.90. The summed E-state index contributed by atoms with van der Waals surface area (Å²) in [5, 5.41) is 8.74. The monoisotopic (exact) mass is 182 g/mol. The number of aliphatic hydroxyl groups excluding tert-OH is 1. The van der Waals surface area contributed by atoms with Crippen LogP contribution in [-0.2, 0) is 0 Å². The molecule has 1 aliphatic rings. The van der Waals surface area contributed by atoms with Crippen molar-refractivity contribution in [1.29, 1.82) is 0 Å². The van der Waals surface area contributed by atoms with Crippen molar-refractivity contribution in [2.75, 3.05) is 6.61 Å². The van der Waals surface area contributed by atoms with E-state index in [2.05, 4.69) is 26.8 Å². The fourth-order valence-corrected chi connectivity index (χ4v) is 2.06. The third-order valence-corrected chi connectivity index (χ3v) is 3.03. The van der Waals surface area contributed by atoms with E-state index < -0.39 is 0 Å². The predicted molar refractivity (Wildman–Crippen MR) is 56.6 cm³/mol. The van der Waals surface area contributed by atoms with E-state index in [4.69, 9.17) is 5.11 Å². The molecule has 1 aliphatic carbocycles. The minimum Gasteiger partial charge on any atom is -0.396 e. The first-order chi connectivity index (χ1) is 6.05. The quantitative estimate of drug-likeness (QED) is 0.662. The summed E-state index contributed by atoms with van der Waals surface area (Å²) >= 11 is 0. The molecule has 0 aromatic rings.